The highest BCUT2D eigenvalue weighted by Crippen LogP contribution is 2.30. The predicted octanol–water partition coefficient (Wildman–Crippen LogP) is 5.19. The Morgan fingerprint density at radius 1 is 1.00 bits per heavy atom. The summed E-state index contributed by atoms with van der Waals surface area (Å²) >= 11 is 0. The molecule has 0 radical (unpaired) electrons. The Kier molecular flexibility index (Phi) is 5.11. The number of sulfonamides is 1. The Morgan fingerprint density at radius 3 is 2.22 bits per heavy atom. The molecule has 0 spiro atoms. The molecule has 0 bridgehead atoms. The molecule has 3 rings (SSSR count). The molecule has 0 saturated heterocycles. The molecule has 3 aromatic rings. The van der Waals surface area contributed by atoms with Gasteiger partial charge in [-0.05, 0) is 56.0 Å². The van der Waals surface area contributed by atoms with E-state index in [2.05, 4.69) is 23.7 Å². The zero-order valence-electron chi connectivity index (χ0n) is 16.2. The summed E-state index contributed by atoms with van der Waals surface area (Å²) in [6.45, 7) is 9.74. The van der Waals surface area contributed by atoms with Crippen molar-refractivity contribution in [2.24, 2.45) is 0 Å². The second kappa shape index (κ2) is 7.19. The van der Waals surface area contributed by atoms with Crippen molar-refractivity contribution in [3.05, 3.63) is 64.8 Å². The maximum absolute atomic E-state index is 13.0. The summed E-state index contributed by atoms with van der Waals surface area (Å²) in [5.41, 5.74) is 4.74. The number of nitrogens with zero attached hydrogens (tertiary/aromatic N) is 1. The number of aromatic nitrogens is 1. The van der Waals surface area contributed by atoms with Crippen LogP contribution in [0.1, 0.15) is 42.1 Å². The van der Waals surface area contributed by atoms with Crippen molar-refractivity contribution in [1.82, 2.24) is 5.16 Å². The first kappa shape index (κ1) is 19.2. The molecular weight excluding hydrogens is 360 g/mol. The Bertz CT molecular complexity index is 1070. The van der Waals surface area contributed by atoms with E-state index >= 15 is 0 Å². The van der Waals surface area contributed by atoms with Crippen LogP contribution in [0.15, 0.2) is 51.9 Å². The van der Waals surface area contributed by atoms with Gasteiger partial charge in [0.25, 0.3) is 10.0 Å². The van der Waals surface area contributed by atoms with E-state index in [4.69, 9.17) is 4.52 Å². The van der Waals surface area contributed by atoms with Crippen molar-refractivity contribution < 1.29 is 12.9 Å². The van der Waals surface area contributed by atoms with Crippen LogP contribution in [0.25, 0.3) is 11.3 Å². The highest BCUT2D eigenvalue weighted by atomic mass is 32.2. The van der Waals surface area contributed by atoms with E-state index in [0.717, 1.165) is 16.8 Å². The molecule has 0 unspecified atom stereocenters. The molecule has 0 atom stereocenters. The van der Waals surface area contributed by atoms with E-state index in [9.17, 15) is 8.42 Å². The fraction of sp³-hybridized carbons (Fsp3) is 0.286. The SMILES string of the molecule is Cc1ccc(-c2onc(C)c2C)cc1S(=O)(=O)Nc1ccc(C(C)C)cc1. The third-order valence-electron chi connectivity index (χ3n) is 4.73. The largest absolute Gasteiger partial charge is 0.356 e. The van der Waals surface area contributed by atoms with Gasteiger partial charge in [-0.3, -0.25) is 4.72 Å². The van der Waals surface area contributed by atoms with Gasteiger partial charge in [0, 0.05) is 16.8 Å². The van der Waals surface area contributed by atoms with Crippen molar-refractivity contribution in [2.75, 3.05) is 4.72 Å². The van der Waals surface area contributed by atoms with Crippen LogP contribution in [0.4, 0.5) is 5.69 Å². The van der Waals surface area contributed by atoms with Gasteiger partial charge < -0.3 is 4.52 Å². The molecule has 0 amide bonds. The molecule has 0 aliphatic heterocycles. The van der Waals surface area contributed by atoms with Gasteiger partial charge in [-0.2, -0.15) is 0 Å². The highest BCUT2D eigenvalue weighted by molar-refractivity contribution is 7.92. The van der Waals surface area contributed by atoms with E-state index in [1.807, 2.05) is 32.0 Å². The number of hydrogen-bond acceptors (Lipinski definition) is 4. The number of anilines is 1. The van der Waals surface area contributed by atoms with Crippen molar-refractivity contribution in [2.45, 2.75) is 45.4 Å². The van der Waals surface area contributed by atoms with Crippen molar-refractivity contribution in [3.63, 3.8) is 0 Å². The molecule has 6 heteroatoms. The molecule has 0 aliphatic rings. The van der Waals surface area contributed by atoms with Crippen LogP contribution in [0.3, 0.4) is 0 Å². The predicted molar refractivity (Wildman–Crippen MR) is 107 cm³/mol. The summed E-state index contributed by atoms with van der Waals surface area (Å²) in [5.74, 6) is 0.980. The lowest BCUT2D eigenvalue weighted by molar-refractivity contribution is 0.427. The molecule has 1 aromatic heterocycles. The maximum Gasteiger partial charge on any atom is 0.262 e. The van der Waals surface area contributed by atoms with Gasteiger partial charge in [-0.25, -0.2) is 8.42 Å². The van der Waals surface area contributed by atoms with Crippen molar-refractivity contribution >= 4 is 15.7 Å². The van der Waals surface area contributed by atoms with Gasteiger partial charge in [0.1, 0.15) is 0 Å². The zero-order chi connectivity index (χ0) is 19.8. The Balaban J connectivity index is 1.96. The molecule has 2 aromatic carbocycles. The lowest BCUT2D eigenvalue weighted by atomic mass is 10.0. The summed E-state index contributed by atoms with van der Waals surface area (Å²) in [4.78, 5) is 0.224. The molecule has 0 saturated carbocycles. The van der Waals surface area contributed by atoms with Crippen LogP contribution in [-0.4, -0.2) is 13.6 Å². The number of aryl methyl sites for hydroxylation is 2. The first-order valence-electron chi connectivity index (χ1n) is 8.85. The number of hydrogen-bond donors (Lipinski definition) is 1. The Morgan fingerprint density at radius 2 is 1.67 bits per heavy atom. The lowest BCUT2D eigenvalue weighted by Gasteiger charge is -2.13. The number of benzene rings is 2. The molecule has 0 fully saturated rings. The third kappa shape index (κ3) is 3.90. The van der Waals surface area contributed by atoms with Gasteiger partial charge in [-0.1, -0.05) is 43.3 Å². The van der Waals surface area contributed by atoms with E-state index < -0.39 is 10.0 Å². The van der Waals surface area contributed by atoms with Crippen LogP contribution in [0.5, 0.6) is 0 Å². The third-order valence-corrected chi connectivity index (χ3v) is 6.25. The smallest absolute Gasteiger partial charge is 0.262 e. The molecule has 1 N–H and O–H groups in total. The Hall–Kier alpha value is -2.60. The topological polar surface area (TPSA) is 72.2 Å². The van der Waals surface area contributed by atoms with E-state index in [-0.39, 0.29) is 4.90 Å². The molecular formula is C21H24N2O3S. The quantitative estimate of drug-likeness (QED) is 0.657. The molecule has 142 valence electrons. The summed E-state index contributed by atoms with van der Waals surface area (Å²) in [6.07, 6.45) is 0. The van der Waals surface area contributed by atoms with Gasteiger partial charge in [0.05, 0.1) is 10.6 Å². The van der Waals surface area contributed by atoms with Crippen LogP contribution in [0, 0.1) is 20.8 Å². The van der Waals surface area contributed by atoms with Crippen molar-refractivity contribution in [1.29, 1.82) is 0 Å². The van der Waals surface area contributed by atoms with Gasteiger partial charge in [0.2, 0.25) is 0 Å². The first-order chi connectivity index (χ1) is 12.7. The minimum absolute atomic E-state index is 0.224. The van der Waals surface area contributed by atoms with Gasteiger partial charge >= 0.3 is 0 Å². The summed E-state index contributed by atoms with van der Waals surface area (Å²) < 4.78 is 34.0. The fourth-order valence-corrected chi connectivity index (χ4v) is 4.19. The van der Waals surface area contributed by atoms with Crippen LogP contribution < -0.4 is 4.72 Å². The van der Waals surface area contributed by atoms with Crippen LogP contribution in [-0.2, 0) is 10.0 Å². The standard InChI is InChI=1S/C21H24N2O3S/c1-13(2)17-8-10-19(11-9-17)23-27(24,25)20-12-18(7-6-14(20)3)21-15(4)16(5)22-26-21/h6-13,23H,1-5H3. The van der Waals surface area contributed by atoms with E-state index in [1.54, 1.807) is 31.2 Å². The molecule has 27 heavy (non-hydrogen) atoms. The van der Waals surface area contributed by atoms with E-state index in [0.29, 0.717) is 28.5 Å². The fourth-order valence-electron chi connectivity index (χ4n) is 2.86. The monoisotopic (exact) mass is 384 g/mol. The highest BCUT2D eigenvalue weighted by Gasteiger charge is 2.20. The molecule has 5 nitrogen and oxygen atoms in total. The Labute approximate surface area is 160 Å². The number of nitrogens with one attached hydrogen (secondary N) is 1. The lowest BCUT2D eigenvalue weighted by Crippen LogP contribution is -2.14. The molecule has 0 aliphatic carbocycles. The number of rotatable bonds is 5. The summed E-state index contributed by atoms with van der Waals surface area (Å²) in [5, 5.41) is 3.96. The minimum atomic E-state index is -3.73. The van der Waals surface area contributed by atoms with Gasteiger partial charge in [0.15, 0.2) is 5.76 Å². The average Bonchev–Trinajstić information content (AvgIpc) is 2.94. The van der Waals surface area contributed by atoms with E-state index in [1.165, 1.54) is 0 Å². The molecule has 1 heterocycles. The summed E-state index contributed by atoms with van der Waals surface area (Å²) in [6, 6.07) is 12.7. The minimum Gasteiger partial charge on any atom is -0.356 e. The first-order valence-corrected chi connectivity index (χ1v) is 10.3. The summed E-state index contributed by atoms with van der Waals surface area (Å²) in [7, 11) is -3.73. The average molecular weight is 385 g/mol. The van der Waals surface area contributed by atoms with Crippen LogP contribution >= 0.6 is 0 Å². The zero-order valence-corrected chi connectivity index (χ0v) is 17.0. The van der Waals surface area contributed by atoms with Crippen LogP contribution in [0.2, 0.25) is 0 Å². The second-order valence-corrected chi connectivity index (χ2v) is 8.74. The van der Waals surface area contributed by atoms with Gasteiger partial charge in [-0.15, -0.1) is 0 Å². The van der Waals surface area contributed by atoms with Crippen molar-refractivity contribution in [3.8, 4) is 11.3 Å². The second-order valence-electron chi connectivity index (χ2n) is 7.08. The maximum atomic E-state index is 13.0. The normalized spacial score (nSPS) is 11.8.